The van der Waals surface area contributed by atoms with E-state index in [4.69, 9.17) is 0 Å². The second-order valence-electron chi connectivity index (χ2n) is 6.53. The van der Waals surface area contributed by atoms with Crippen molar-refractivity contribution in [3.63, 3.8) is 0 Å². The van der Waals surface area contributed by atoms with Crippen LogP contribution in [0.4, 0.5) is 0 Å². The Morgan fingerprint density at radius 1 is 1.29 bits per heavy atom. The quantitative estimate of drug-likeness (QED) is 0.705. The van der Waals surface area contributed by atoms with Crippen LogP contribution in [0.3, 0.4) is 0 Å². The number of rotatable bonds is 1. The van der Waals surface area contributed by atoms with Crippen molar-refractivity contribution in [2.24, 2.45) is 11.3 Å². The Hall–Kier alpha value is -1.29. The molecule has 0 N–H and O–H groups in total. The third kappa shape index (κ3) is 2.09. The van der Waals surface area contributed by atoms with Crippen LogP contribution < -0.4 is 0 Å². The molecule has 0 atom stereocenters. The number of nitrogens with zero attached hydrogens (tertiary/aromatic N) is 1. The molecule has 1 aromatic carbocycles. The van der Waals surface area contributed by atoms with Gasteiger partial charge in [-0.15, -0.1) is 0 Å². The molecule has 0 aliphatic heterocycles. The smallest absolute Gasteiger partial charge is 0.0828 e. The van der Waals surface area contributed by atoms with E-state index in [0.717, 1.165) is 12.8 Å². The van der Waals surface area contributed by atoms with Crippen molar-refractivity contribution < 1.29 is 0 Å². The molecule has 1 aromatic rings. The summed E-state index contributed by atoms with van der Waals surface area (Å²) in [5.41, 5.74) is 2.56. The molecule has 1 fully saturated rings. The molecule has 90 valence electrons. The van der Waals surface area contributed by atoms with Gasteiger partial charge in [-0.3, -0.25) is 0 Å². The van der Waals surface area contributed by atoms with Gasteiger partial charge in [-0.1, -0.05) is 50.6 Å². The monoisotopic (exact) mass is 227 g/mol. The molecule has 17 heavy (non-hydrogen) atoms. The van der Waals surface area contributed by atoms with Crippen LogP contribution in [0.1, 0.15) is 44.7 Å². The van der Waals surface area contributed by atoms with Crippen molar-refractivity contribution in [2.75, 3.05) is 0 Å². The van der Waals surface area contributed by atoms with Gasteiger partial charge in [-0.05, 0) is 36.7 Å². The lowest BCUT2D eigenvalue weighted by Crippen LogP contribution is -2.45. The highest BCUT2D eigenvalue weighted by Crippen LogP contribution is 2.54. The summed E-state index contributed by atoms with van der Waals surface area (Å²) in [6.07, 6.45) is 2.02. The van der Waals surface area contributed by atoms with Crippen molar-refractivity contribution in [3.05, 3.63) is 35.4 Å². The van der Waals surface area contributed by atoms with Gasteiger partial charge < -0.3 is 0 Å². The Kier molecular flexibility index (Phi) is 2.78. The molecular weight excluding hydrogens is 206 g/mol. The van der Waals surface area contributed by atoms with E-state index in [2.05, 4.69) is 58.0 Å². The molecule has 0 spiro atoms. The summed E-state index contributed by atoms with van der Waals surface area (Å²) in [6, 6.07) is 11.0. The summed E-state index contributed by atoms with van der Waals surface area (Å²) in [5.74, 6) is 0.669. The summed E-state index contributed by atoms with van der Waals surface area (Å²) in [5, 5.41) is 9.51. The van der Waals surface area contributed by atoms with Crippen LogP contribution in [0.25, 0.3) is 0 Å². The average Bonchev–Trinajstić information content (AvgIpc) is 2.15. The molecule has 1 saturated carbocycles. The van der Waals surface area contributed by atoms with Gasteiger partial charge in [0.05, 0.1) is 11.5 Å². The SMILES string of the molecule is Cc1cccc(C2(C#N)CC(C(C)(C)C)C2)c1. The van der Waals surface area contributed by atoms with Crippen molar-refractivity contribution in [2.45, 2.75) is 46.0 Å². The summed E-state index contributed by atoms with van der Waals surface area (Å²) >= 11 is 0. The molecule has 1 heteroatoms. The fourth-order valence-electron chi connectivity index (χ4n) is 2.73. The van der Waals surface area contributed by atoms with Gasteiger partial charge in [0.1, 0.15) is 0 Å². The highest BCUT2D eigenvalue weighted by molar-refractivity contribution is 5.38. The van der Waals surface area contributed by atoms with E-state index >= 15 is 0 Å². The maximum atomic E-state index is 9.51. The van der Waals surface area contributed by atoms with Gasteiger partial charge in [-0.25, -0.2) is 0 Å². The number of hydrogen-bond acceptors (Lipinski definition) is 1. The zero-order chi connectivity index (χ0) is 12.7. The van der Waals surface area contributed by atoms with Crippen molar-refractivity contribution >= 4 is 0 Å². The Balaban J connectivity index is 2.24. The fourth-order valence-corrected chi connectivity index (χ4v) is 2.73. The number of benzene rings is 1. The van der Waals surface area contributed by atoms with Crippen molar-refractivity contribution in [3.8, 4) is 6.07 Å². The lowest BCUT2D eigenvalue weighted by Gasteiger charge is -2.49. The van der Waals surface area contributed by atoms with E-state index in [1.807, 2.05) is 0 Å². The average molecular weight is 227 g/mol. The van der Waals surface area contributed by atoms with Crippen LogP contribution in [0.5, 0.6) is 0 Å². The first-order valence-electron chi connectivity index (χ1n) is 6.36. The highest BCUT2D eigenvalue weighted by Gasteiger charge is 2.49. The lowest BCUT2D eigenvalue weighted by atomic mass is 9.53. The van der Waals surface area contributed by atoms with Gasteiger partial charge >= 0.3 is 0 Å². The normalized spacial score (nSPS) is 28.3. The van der Waals surface area contributed by atoms with Crippen LogP contribution >= 0.6 is 0 Å². The number of nitriles is 1. The van der Waals surface area contributed by atoms with Crippen LogP contribution in [-0.2, 0) is 5.41 Å². The molecule has 0 bridgehead atoms. The molecule has 1 aliphatic carbocycles. The Morgan fingerprint density at radius 3 is 2.41 bits per heavy atom. The van der Waals surface area contributed by atoms with E-state index in [1.165, 1.54) is 11.1 Å². The van der Waals surface area contributed by atoms with Gasteiger partial charge in [0, 0.05) is 0 Å². The second kappa shape index (κ2) is 3.88. The van der Waals surface area contributed by atoms with Crippen LogP contribution in [0.2, 0.25) is 0 Å². The summed E-state index contributed by atoms with van der Waals surface area (Å²) in [7, 11) is 0. The number of aryl methyl sites for hydroxylation is 1. The van der Waals surface area contributed by atoms with E-state index in [0.29, 0.717) is 11.3 Å². The van der Waals surface area contributed by atoms with E-state index in [-0.39, 0.29) is 5.41 Å². The summed E-state index contributed by atoms with van der Waals surface area (Å²) in [4.78, 5) is 0. The molecule has 2 rings (SSSR count). The first-order valence-corrected chi connectivity index (χ1v) is 6.36. The van der Waals surface area contributed by atoms with Crippen molar-refractivity contribution in [1.29, 1.82) is 5.26 Å². The third-order valence-electron chi connectivity index (χ3n) is 4.20. The molecule has 0 aromatic heterocycles. The minimum atomic E-state index is -0.218. The zero-order valence-electron chi connectivity index (χ0n) is 11.2. The minimum absolute atomic E-state index is 0.218. The Morgan fingerprint density at radius 2 is 1.94 bits per heavy atom. The van der Waals surface area contributed by atoms with Gasteiger partial charge in [-0.2, -0.15) is 5.26 Å². The van der Waals surface area contributed by atoms with Gasteiger partial charge in [0.25, 0.3) is 0 Å². The maximum Gasteiger partial charge on any atom is 0.0828 e. The molecule has 1 nitrogen and oxygen atoms in total. The van der Waals surface area contributed by atoms with E-state index < -0.39 is 0 Å². The maximum absolute atomic E-state index is 9.51. The lowest BCUT2D eigenvalue weighted by molar-refractivity contribution is 0.0782. The first kappa shape index (κ1) is 12.2. The van der Waals surface area contributed by atoms with E-state index in [1.54, 1.807) is 0 Å². The van der Waals surface area contributed by atoms with E-state index in [9.17, 15) is 5.26 Å². The molecular formula is C16H21N. The van der Waals surface area contributed by atoms with Gasteiger partial charge in [0.2, 0.25) is 0 Å². The standard InChI is InChI=1S/C16H21N/c1-12-6-5-7-13(8-12)16(11-17)9-14(10-16)15(2,3)4/h5-8,14H,9-10H2,1-4H3. The molecule has 0 saturated heterocycles. The number of hydrogen-bond donors (Lipinski definition) is 0. The predicted molar refractivity (Wildman–Crippen MR) is 70.6 cm³/mol. The summed E-state index contributed by atoms with van der Waals surface area (Å²) in [6.45, 7) is 8.91. The molecule has 0 amide bonds. The largest absolute Gasteiger partial charge is 0.197 e. The third-order valence-corrected chi connectivity index (χ3v) is 4.20. The van der Waals surface area contributed by atoms with Crippen molar-refractivity contribution in [1.82, 2.24) is 0 Å². The summed E-state index contributed by atoms with van der Waals surface area (Å²) < 4.78 is 0. The minimum Gasteiger partial charge on any atom is -0.197 e. The molecule has 0 radical (unpaired) electrons. The topological polar surface area (TPSA) is 23.8 Å². The van der Waals surface area contributed by atoms with Gasteiger partial charge in [0.15, 0.2) is 0 Å². The Labute approximate surface area is 104 Å². The fraction of sp³-hybridized carbons (Fsp3) is 0.562. The second-order valence-corrected chi connectivity index (χ2v) is 6.53. The highest BCUT2D eigenvalue weighted by atomic mass is 14.5. The zero-order valence-corrected chi connectivity index (χ0v) is 11.2. The van der Waals surface area contributed by atoms with Crippen LogP contribution in [0.15, 0.2) is 24.3 Å². The Bertz CT molecular complexity index is 453. The van der Waals surface area contributed by atoms with Crippen LogP contribution in [-0.4, -0.2) is 0 Å². The predicted octanol–water partition coefficient (Wildman–Crippen LogP) is 4.21. The molecule has 0 heterocycles. The molecule has 1 aliphatic rings. The molecule has 0 unspecified atom stereocenters. The van der Waals surface area contributed by atoms with Crippen LogP contribution in [0, 0.1) is 29.6 Å². The first-order chi connectivity index (χ1) is 7.87.